The Morgan fingerprint density at radius 3 is 2.95 bits per heavy atom. The van der Waals surface area contributed by atoms with Gasteiger partial charge in [-0.2, -0.15) is 0 Å². The van der Waals surface area contributed by atoms with Crippen LogP contribution in [0, 0.1) is 0 Å². The van der Waals surface area contributed by atoms with E-state index in [0.29, 0.717) is 6.61 Å². The number of thiophene rings is 1. The van der Waals surface area contributed by atoms with E-state index in [0.717, 1.165) is 16.9 Å². The van der Waals surface area contributed by atoms with Crippen LogP contribution in [0.15, 0.2) is 10.4 Å². The van der Waals surface area contributed by atoms with Crippen molar-refractivity contribution < 1.29 is 9.53 Å². The Hall–Kier alpha value is -0.850. The lowest BCUT2D eigenvalue weighted by Gasteiger charge is -2.30. The van der Waals surface area contributed by atoms with Crippen LogP contribution in [0.2, 0.25) is 0 Å². The van der Waals surface area contributed by atoms with E-state index in [1.165, 1.54) is 31.7 Å². The molecule has 0 aliphatic heterocycles. The summed E-state index contributed by atoms with van der Waals surface area (Å²) in [4.78, 5) is 14.3. The minimum Gasteiger partial charge on any atom is -0.462 e. The molecule has 6 heteroatoms. The van der Waals surface area contributed by atoms with Crippen LogP contribution in [-0.2, 0) is 16.6 Å². The first kappa shape index (κ1) is 15.1. The number of carbonyl (C=O) groups excluding carboxylic acids is 1. The number of ether oxygens (including phenoxy) is 1. The molecule has 3 rings (SSSR count). The van der Waals surface area contributed by atoms with Crippen molar-refractivity contribution in [2.24, 2.45) is 0 Å². The number of rotatable bonds is 3. The van der Waals surface area contributed by atoms with Gasteiger partial charge in [-0.1, -0.05) is 13.8 Å². The third-order valence-electron chi connectivity index (χ3n) is 3.77. The molecule has 0 amide bonds. The number of hydrogen-bond donors (Lipinski definition) is 0. The SMILES string of the molecule is CCOC(=O)c1sc(SC)c2c1CC(C)(C)c1cnsc1-2. The fraction of sp³-hybridized carbons (Fsp3) is 0.467. The molecule has 0 fully saturated rings. The van der Waals surface area contributed by atoms with Gasteiger partial charge in [0.15, 0.2) is 0 Å². The molecule has 0 aromatic carbocycles. The number of thioether (sulfide) groups is 1. The maximum absolute atomic E-state index is 12.3. The second-order valence-corrected chi connectivity index (χ2v) is 8.52. The highest BCUT2D eigenvalue weighted by molar-refractivity contribution is 8.00. The number of aromatic nitrogens is 1. The van der Waals surface area contributed by atoms with Crippen molar-refractivity contribution in [3.8, 4) is 10.4 Å². The third-order valence-corrected chi connectivity index (χ3v) is 6.92. The standard InChI is InChI=1S/C15H17NO2S3/c1-5-18-13(17)11-8-6-15(2,3)9-7-16-21-12(9)10(8)14(19-4)20-11/h7H,5-6H2,1-4H3. The van der Waals surface area contributed by atoms with Gasteiger partial charge in [-0.15, -0.1) is 23.1 Å². The van der Waals surface area contributed by atoms with Gasteiger partial charge in [0, 0.05) is 11.8 Å². The highest BCUT2D eigenvalue weighted by Crippen LogP contribution is 2.52. The molecule has 0 N–H and O–H groups in total. The average molecular weight is 340 g/mol. The van der Waals surface area contributed by atoms with Crippen molar-refractivity contribution in [1.29, 1.82) is 0 Å². The van der Waals surface area contributed by atoms with Gasteiger partial charge < -0.3 is 4.74 Å². The lowest BCUT2D eigenvalue weighted by Crippen LogP contribution is -2.25. The molecule has 0 atom stereocenters. The largest absolute Gasteiger partial charge is 0.462 e. The molecular weight excluding hydrogens is 322 g/mol. The molecule has 2 heterocycles. The highest BCUT2D eigenvalue weighted by Gasteiger charge is 2.38. The molecule has 0 unspecified atom stereocenters. The Morgan fingerprint density at radius 1 is 1.52 bits per heavy atom. The van der Waals surface area contributed by atoms with Gasteiger partial charge in [-0.25, -0.2) is 9.17 Å². The van der Waals surface area contributed by atoms with Gasteiger partial charge >= 0.3 is 5.97 Å². The van der Waals surface area contributed by atoms with E-state index in [1.54, 1.807) is 23.1 Å². The molecule has 112 valence electrons. The molecule has 1 aliphatic rings. The summed E-state index contributed by atoms with van der Waals surface area (Å²) in [5.74, 6) is -0.192. The average Bonchev–Trinajstić information content (AvgIpc) is 3.02. The molecule has 0 radical (unpaired) electrons. The predicted octanol–water partition coefficient (Wildman–Crippen LogP) is 4.60. The predicted molar refractivity (Wildman–Crippen MR) is 89.9 cm³/mol. The van der Waals surface area contributed by atoms with Crippen molar-refractivity contribution in [1.82, 2.24) is 4.37 Å². The quantitative estimate of drug-likeness (QED) is 0.605. The molecular formula is C15H17NO2S3. The zero-order chi connectivity index (χ0) is 15.2. The van der Waals surface area contributed by atoms with Crippen molar-refractivity contribution >= 4 is 40.6 Å². The summed E-state index contributed by atoms with van der Waals surface area (Å²) >= 11 is 4.78. The lowest BCUT2D eigenvalue weighted by molar-refractivity contribution is 0.0530. The third kappa shape index (κ3) is 2.33. The van der Waals surface area contributed by atoms with E-state index >= 15 is 0 Å². The zero-order valence-electron chi connectivity index (χ0n) is 12.5. The van der Waals surface area contributed by atoms with E-state index in [4.69, 9.17) is 4.74 Å². The van der Waals surface area contributed by atoms with Gasteiger partial charge in [-0.3, -0.25) is 0 Å². The van der Waals surface area contributed by atoms with E-state index < -0.39 is 0 Å². The number of carbonyl (C=O) groups is 1. The number of esters is 1. The van der Waals surface area contributed by atoms with E-state index in [1.807, 2.05) is 13.1 Å². The van der Waals surface area contributed by atoms with Crippen molar-refractivity contribution in [3.63, 3.8) is 0 Å². The molecule has 2 aromatic heterocycles. The van der Waals surface area contributed by atoms with Crippen LogP contribution >= 0.6 is 34.6 Å². The molecule has 0 saturated carbocycles. The Bertz CT molecular complexity index is 700. The van der Waals surface area contributed by atoms with Gasteiger partial charge in [0.2, 0.25) is 0 Å². The number of fused-ring (bicyclic) bond motifs is 3. The Kier molecular flexibility index (Phi) is 3.88. The fourth-order valence-electron chi connectivity index (χ4n) is 2.78. The Labute approximate surface area is 136 Å². The summed E-state index contributed by atoms with van der Waals surface area (Å²) in [6.07, 6.45) is 4.90. The van der Waals surface area contributed by atoms with Crippen LogP contribution in [0.5, 0.6) is 0 Å². The molecule has 0 saturated heterocycles. The van der Waals surface area contributed by atoms with Crippen LogP contribution in [0.3, 0.4) is 0 Å². The van der Waals surface area contributed by atoms with E-state index in [9.17, 15) is 4.79 Å². The van der Waals surface area contributed by atoms with Crippen molar-refractivity contribution in [2.45, 2.75) is 36.8 Å². The molecule has 0 bridgehead atoms. The second-order valence-electron chi connectivity index (χ2n) is 5.63. The van der Waals surface area contributed by atoms with Crippen LogP contribution < -0.4 is 0 Å². The fourth-order valence-corrected chi connectivity index (χ4v) is 5.89. The van der Waals surface area contributed by atoms with Crippen molar-refractivity contribution in [2.75, 3.05) is 12.9 Å². The van der Waals surface area contributed by atoms with Crippen LogP contribution in [0.4, 0.5) is 0 Å². The normalized spacial score (nSPS) is 15.4. The summed E-state index contributed by atoms with van der Waals surface area (Å²) in [7, 11) is 0. The topological polar surface area (TPSA) is 39.2 Å². The lowest BCUT2D eigenvalue weighted by atomic mass is 9.74. The van der Waals surface area contributed by atoms with Gasteiger partial charge in [0.1, 0.15) is 4.88 Å². The highest BCUT2D eigenvalue weighted by atomic mass is 32.2. The smallest absolute Gasteiger partial charge is 0.348 e. The second kappa shape index (κ2) is 5.41. The summed E-state index contributed by atoms with van der Waals surface area (Å²) < 4.78 is 10.8. The molecule has 0 spiro atoms. The van der Waals surface area contributed by atoms with Gasteiger partial charge in [0.25, 0.3) is 0 Å². The first-order valence-electron chi connectivity index (χ1n) is 6.82. The first-order valence-corrected chi connectivity index (χ1v) is 9.63. The summed E-state index contributed by atoms with van der Waals surface area (Å²) in [5, 5.41) is 0. The number of hydrogen-bond acceptors (Lipinski definition) is 6. The monoisotopic (exact) mass is 339 g/mol. The summed E-state index contributed by atoms with van der Waals surface area (Å²) in [6, 6.07) is 0. The first-order chi connectivity index (χ1) is 9.99. The molecule has 3 nitrogen and oxygen atoms in total. The summed E-state index contributed by atoms with van der Waals surface area (Å²) in [6.45, 7) is 6.69. The van der Waals surface area contributed by atoms with Gasteiger partial charge in [0.05, 0.1) is 15.7 Å². The van der Waals surface area contributed by atoms with Gasteiger partial charge in [-0.05, 0) is 47.7 Å². The zero-order valence-corrected chi connectivity index (χ0v) is 14.9. The van der Waals surface area contributed by atoms with Crippen LogP contribution in [0.1, 0.15) is 41.6 Å². The van der Waals surface area contributed by atoms with E-state index in [2.05, 4.69) is 24.5 Å². The summed E-state index contributed by atoms with van der Waals surface area (Å²) in [5.41, 5.74) is 3.66. The minimum absolute atomic E-state index is 0.00727. The molecule has 2 aromatic rings. The molecule has 1 aliphatic carbocycles. The Morgan fingerprint density at radius 2 is 2.29 bits per heavy atom. The van der Waals surface area contributed by atoms with Crippen molar-refractivity contribution in [3.05, 3.63) is 22.2 Å². The Balaban J connectivity index is 2.22. The number of nitrogens with zero attached hydrogens (tertiary/aromatic N) is 1. The minimum atomic E-state index is -0.192. The van der Waals surface area contributed by atoms with E-state index in [-0.39, 0.29) is 11.4 Å². The van der Waals surface area contributed by atoms with Crippen LogP contribution in [0.25, 0.3) is 10.4 Å². The maximum Gasteiger partial charge on any atom is 0.348 e. The maximum atomic E-state index is 12.3. The van der Waals surface area contributed by atoms with Crippen LogP contribution in [-0.4, -0.2) is 23.2 Å². The molecule has 21 heavy (non-hydrogen) atoms.